The number of benzene rings is 4. The van der Waals surface area contributed by atoms with E-state index in [9.17, 15) is 0 Å². The van der Waals surface area contributed by atoms with Crippen molar-refractivity contribution in [1.29, 1.82) is 0 Å². The van der Waals surface area contributed by atoms with E-state index in [0.717, 1.165) is 33.9 Å². The van der Waals surface area contributed by atoms with Gasteiger partial charge >= 0.3 is 0 Å². The number of nitrogens with two attached hydrogens (primary N) is 2. The first-order chi connectivity index (χ1) is 17.7. The van der Waals surface area contributed by atoms with Gasteiger partial charge in [-0.1, -0.05) is 72.8 Å². The third kappa shape index (κ3) is 5.47. The lowest BCUT2D eigenvalue weighted by atomic mass is 10.1. The van der Waals surface area contributed by atoms with Gasteiger partial charge in [-0.3, -0.25) is 4.90 Å². The largest absolute Gasteiger partial charge is 0.489 e. The molecule has 4 aromatic carbocycles. The maximum Gasteiger partial charge on any atom is 0.221 e. The zero-order valence-electron chi connectivity index (χ0n) is 19.7. The Morgan fingerprint density at radius 3 is 1.67 bits per heavy atom. The van der Waals surface area contributed by atoms with Crippen LogP contribution in [0.25, 0.3) is 0 Å². The molecule has 5 rings (SSSR count). The summed E-state index contributed by atoms with van der Waals surface area (Å²) in [6.45, 7) is 0.995. The van der Waals surface area contributed by atoms with Crippen molar-refractivity contribution in [1.82, 2.24) is 0 Å². The van der Waals surface area contributed by atoms with E-state index in [4.69, 9.17) is 20.9 Å². The lowest BCUT2D eigenvalue weighted by Gasteiger charge is -2.32. The number of rotatable bonds is 8. The Morgan fingerprint density at radius 1 is 0.639 bits per heavy atom. The second-order valence-electron chi connectivity index (χ2n) is 8.31. The third-order valence-electron chi connectivity index (χ3n) is 5.76. The number of nitrogens with zero attached hydrogens (tertiary/aromatic N) is 3. The molecule has 1 aliphatic heterocycles. The number of ether oxygens (including phenoxy) is 2. The molecule has 1 atom stereocenters. The van der Waals surface area contributed by atoms with Gasteiger partial charge in [0.05, 0.1) is 0 Å². The minimum Gasteiger partial charge on any atom is -0.489 e. The van der Waals surface area contributed by atoms with Crippen molar-refractivity contribution in [2.45, 2.75) is 19.4 Å². The second-order valence-corrected chi connectivity index (χ2v) is 8.31. The van der Waals surface area contributed by atoms with Gasteiger partial charge in [-0.2, -0.15) is 4.99 Å². The Bertz CT molecular complexity index is 1340. The van der Waals surface area contributed by atoms with Gasteiger partial charge in [0.1, 0.15) is 24.7 Å². The lowest BCUT2D eigenvalue weighted by Crippen LogP contribution is -2.44. The van der Waals surface area contributed by atoms with Crippen molar-refractivity contribution in [2.24, 2.45) is 21.5 Å². The SMILES string of the molecule is NC1=NC(c2ccc(OCc3ccccc3)cc2)N(c2ccc(OCc3ccccc3)cc2)C(N)=N1. The van der Waals surface area contributed by atoms with E-state index < -0.39 is 6.17 Å². The number of anilines is 1. The van der Waals surface area contributed by atoms with Gasteiger partial charge in [0.2, 0.25) is 11.9 Å². The average molecular weight is 478 g/mol. The van der Waals surface area contributed by atoms with Gasteiger partial charge in [-0.05, 0) is 53.1 Å². The molecule has 0 aliphatic carbocycles. The van der Waals surface area contributed by atoms with E-state index in [1.165, 1.54) is 0 Å². The first-order valence-corrected chi connectivity index (χ1v) is 11.7. The molecular formula is C29H27N5O2. The smallest absolute Gasteiger partial charge is 0.221 e. The monoisotopic (exact) mass is 477 g/mol. The van der Waals surface area contributed by atoms with Crippen LogP contribution in [-0.4, -0.2) is 11.9 Å². The Balaban J connectivity index is 1.30. The van der Waals surface area contributed by atoms with E-state index in [-0.39, 0.29) is 11.9 Å². The third-order valence-corrected chi connectivity index (χ3v) is 5.76. The van der Waals surface area contributed by atoms with Crippen molar-refractivity contribution in [3.8, 4) is 11.5 Å². The molecule has 0 aromatic heterocycles. The zero-order chi connectivity index (χ0) is 24.7. The predicted molar refractivity (Wildman–Crippen MR) is 143 cm³/mol. The Labute approximate surface area is 210 Å². The lowest BCUT2D eigenvalue weighted by molar-refractivity contribution is 0.306. The maximum absolute atomic E-state index is 6.30. The zero-order valence-corrected chi connectivity index (χ0v) is 19.7. The summed E-state index contributed by atoms with van der Waals surface area (Å²) in [5, 5.41) is 0. The van der Waals surface area contributed by atoms with Gasteiger partial charge in [0, 0.05) is 5.69 Å². The standard InChI is InChI=1S/C29H27N5O2/c30-28-32-27(23-11-15-25(16-12-23)35-19-21-7-3-1-4-8-21)34(29(31)33-28)24-13-17-26(18-14-24)36-20-22-9-5-2-6-10-22/h1-18,27H,19-20H2,(H4,30,31,32,33). The minimum absolute atomic E-state index is 0.140. The molecule has 4 aromatic rings. The highest BCUT2D eigenvalue weighted by Crippen LogP contribution is 2.32. The van der Waals surface area contributed by atoms with Crippen molar-refractivity contribution in [3.05, 3.63) is 126 Å². The van der Waals surface area contributed by atoms with Crippen molar-refractivity contribution >= 4 is 17.6 Å². The summed E-state index contributed by atoms with van der Waals surface area (Å²) in [5.41, 5.74) is 16.2. The Hall–Kier alpha value is -4.78. The highest BCUT2D eigenvalue weighted by molar-refractivity contribution is 6.04. The molecule has 1 aliphatic rings. The van der Waals surface area contributed by atoms with Crippen molar-refractivity contribution in [2.75, 3.05) is 4.90 Å². The summed E-state index contributed by atoms with van der Waals surface area (Å²) in [6, 6.07) is 35.5. The summed E-state index contributed by atoms with van der Waals surface area (Å²) in [6.07, 6.45) is -0.457. The Kier molecular flexibility index (Phi) is 6.80. The summed E-state index contributed by atoms with van der Waals surface area (Å²) in [4.78, 5) is 10.6. The molecule has 0 saturated heterocycles. The number of hydrogen-bond acceptors (Lipinski definition) is 7. The van der Waals surface area contributed by atoms with Crippen LogP contribution in [0, 0.1) is 0 Å². The molecule has 7 heteroatoms. The van der Waals surface area contributed by atoms with E-state index in [1.54, 1.807) is 0 Å². The first kappa shape index (κ1) is 23.0. The van der Waals surface area contributed by atoms with Gasteiger partial charge in [-0.15, -0.1) is 0 Å². The highest BCUT2D eigenvalue weighted by atomic mass is 16.5. The van der Waals surface area contributed by atoms with Crippen LogP contribution in [0.1, 0.15) is 22.9 Å². The molecule has 7 nitrogen and oxygen atoms in total. The van der Waals surface area contributed by atoms with Crippen LogP contribution in [-0.2, 0) is 13.2 Å². The molecule has 0 spiro atoms. The van der Waals surface area contributed by atoms with Crippen LogP contribution in [0.5, 0.6) is 11.5 Å². The molecule has 0 amide bonds. The molecule has 180 valence electrons. The topological polar surface area (TPSA) is 98.5 Å². The minimum atomic E-state index is -0.457. The quantitative estimate of drug-likeness (QED) is 0.372. The molecule has 0 bridgehead atoms. The van der Waals surface area contributed by atoms with Crippen LogP contribution in [0.3, 0.4) is 0 Å². The summed E-state index contributed by atoms with van der Waals surface area (Å²) >= 11 is 0. The molecule has 4 N–H and O–H groups in total. The van der Waals surface area contributed by atoms with E-state index in [2.05, 4.69) is 9.98 Å². The normalized spacial score (nSPS) is 15.1. The highest BCUT2D eigenvalue weighted by Gasteiger charge is 2.27. The molecule has 1 heterocycles. The van der Waals surface area contributed by atoms with E-state index in [0.29, 0.717) is 13.2 Å². The van der Waals surface area contributed by atoms with Gasteiger partial charge in [0.25, 0.3) is 0 Å². The summed E-state index contributed by atoms with van der Waals surface area (Å²) in [5.74, 6) is 1.94. The fraction of sp³-hybridized carbons (Fsp3) is 0.103. The fourth-order valence-corrected chi connectivity index (χ4v) is 3.93. The molecular weight excluding hydrogens is 450 g/mol. The number of hydrogen-bond donors (Lipinski definition) is 2. The number of aliphatic imine (C=N–C) groups is 2. The van der Waals surface area contributed by atoms with Crippen LogP contribution in [0.4, 0.5) is 5.69 Å². The average Bonchev–Trinajstić information content (AvgIpc) is 2.92. The molecule has 36 heavy (non-hydrogen) atoms. The van der Waals surface area contributed by atoms with Crippen LogP contribution in [0.15, 0.2) is 119 Å². The van der Waals surface area contributed by atoms with E-state index >= 15 is 0 Å². The van der Waals surface area contributed by atoms with Crippen LogP contribution >= 0.6 is 0 Å². The van der Waals surface area contributed by atoms with Gasteiger partial charge in [0.15, 0.2) is 6.17 Å². The fourth-order valence-electron chi connectivity index (χ4n) is 3.93. The van der Waals surface area contributed by atoms with Crippen LogP contribution < -0.4 is 25.8 Å². The molecule has 1 unspecified atom stereocenters. The van der Waals surface area contributed by atoms with Gasteiger partial charge < -0.3 is 20.9 Å². The first-order valence-electron chi connectivity index (χ1n) is 11.7. The molecule has 0 saturated carbocycles. The molecule has 0 radical (unpaired) electrons. The number of guanidine groups is 2. The summed E-state index contributed by atoms with van der Waals surface area (Å²) < 4.78 is 11.8. The second kappa shape index (κ2) is 10.7. The van der Waals surface area contributed by atoms with Crippen LogP contribution in [0.2, 0.25) is 0 Å². The van der Waals surface area contributed by atoms with Crippen molar-refractivity contribution in [3.63, 3.8) is 0 Å². The summed E-state index contributed by atoms with van der Waals surface area (Å²) in [7, 11) is 0. The Morgan fingerprint density at radius 2 is 1.14 bits per heavy atom. The maximum atomic E-state index is 6.30. The van der Waals surface area contributed by atoms with E-state index in [1.807, 2.05) is 114 Å². The molecule has 0 fully saturated rings. The predicted octanol–water partition coefficient (Wildman–Crippen LogP) is 4.99. The van der Waals surface area contributed by atoms with Gasteiger partial charge in [-0.25, -0.2) is 4.99 Å². The van der Waals surface area contributed by atoms with Crippen molar-refractivity contribution < 1.29 is 9.47 Å².